The number of hydrogen-bond acceptors (Lipinski definition) is 1. The van der Waals surface area contributed by atoms with Crippen molar-refractivity contribution >= 4 is 11.6 Å². The van der Waals surface area contributed by atoms with E-state index in [0.717, 1.165) is 0 Å². The van der Waals surface area contributed by atoms with E-state index in [0.29, 0.717) is 0 Å². The van der Waals surface area contributed by atoms with Crippen molar-refractivity contribution in [2.45, 2.75) is 12.4 Å². The molecule has 1 aromatic rings. The van der Waals surface area contributed by atoms with Crippen LogP contribution in [0.25, 0.3) is 0 Å². The standard InChI is InChI=1S/C8H3ClF6O/c9-5-1-4(8(13,14)15)6(16)2-3(5)7(10,11)12/h1-2,16H. The van der Waals surface area contributed by atoms with Crippen LogP contribution in [0.1, 0.15) is 11.1 Å². The summed E-state index contributed by atoms with van der Waals surface area (Å²) >= 11 is 5.06. The summed E-state index contributed by atoms with van der Waals surface area (Å²) in [6.07, 6.45) is -9.88. The van der Waals surface area contributed by atoms with Gasteiger partial charge in [0.2, 0.25) is 0 Å². The highest BCUT2D eigenvalue weighted by Gasteiger charge is 2.39. The molecule has 0 aliphatic heterocycles. The maximum atomic E-state index is 12.2. The Morgan fingerprint density at radius 3 is 1.69 bits per heavy atom. The highest BCUT2D eigenvalue weighted by atomic mass is 35.5. The fraction of sp³-hybridized carbons (Fsp3) is 0.250. The van der Waals surface area contributed by atoms with Gasteiger partial charge in [-0.15, -0.1) is 0 Å². The van der Waals surface area contributed by atoms with Gasteiger partial charge in [-0.3, -0.25) is 0 Å². The second kappa shape index (κ2) is 3.73. The Kier molecular flexibility index (Phi) is 3.02. The van der Waals surface area contributed by atoms with Crippen molar-refractivity contribution in [3.63, 3.8) is 0 Å². The summed E-state index contributed by atoms with van der Waals surface area (Å²) in [6.45, 7) is 0. The third-order valence-corrected chi connectivity index (χ3v) is 2.01. The molecule has 0 radical (unpaired) electrons. The predicted octanol–water partition coefficient (Wildman–Crippen LogP) is 4.08. The molecule has 0 saturated heterocycles. The van der Waals surface area contributed by atoms with Gasteiger partial charge in [0.1, 0.15) is 5.75 Å². The molecule has 0 aromatic heterocycles. The topological polar surface area (TPSA) is 20.2 Å². The number of rotatable bonds is 0. The first-order valence-corrected chi connectivity index (χ1v) is 4.08. The lowest BCUT2D eigenvalue weighted by Gasteiger charge is -2.13. The van der Waals surface area contributed by atoms with Crippen LogP contribution >= 0.6 is 11.6 Å². The molecule has 1 aromatic carbocycles. The number of phenols is 1. The Balaban J connectivity index is 3.40. The molecule has 0 spiro atoms. The van der Waals surface area contributed by atoms with Gasteiger partial charge in [-0.2, -0.15) is 26.3 Å². The largest absolute Gasteiger partial charge is 0.507 e. The monoisotopic (exact) mass is 264 g/mol. The molecule has 1 N–H and O–H groups in total. The molecule has 0 unspecified atom stereocenters. The van der Waals surface area contributed by atoms with Gasteiger partial charge in [-0.25, -0.2) is 0 Å². The lowest BCUT2D eigenvalue weighted by atomic mass is 10.1. The first-order chi connectivity index (χ1) is 7.03. The molecule has 16 heavy (non-hydrogen) atoms. The van der Waals surface area contributed by atoms with Gasteiger partial charge in [0.05, 0.1) is 16.1 Å². The van der Waals surface area contributed by atoms with Crippen LogP contribution in [0.3, 0.4) is 0 Å². The zero-order chi connectivity index (χ0) is 12.7. The Morgan fingerprint density at radius 2 is 1.31 bits per heavy atom. The number of hydrogen-bond donors (Lipinski definition) is 1. The molecule has 0 aliphatic rings. The number of alkyl halides is 6. The molecule has 0 amide bonds. The van der Waals surface area contributed by atoms with Gasteiger partial charge in [0.15, 0.2) is 0 Å². The van der Waals surface area contributed by atoms with E-state index < -0.39 is 34.3 Å². The summed E-state index contributed by atoms with van der Waals surface area (Å²) in [7, 11) is 0. The maximum absolute atomic E-state index is 12.2. The van der Waals surface area contributed by atoms with Crippen molar-refractivity contribution in [3.05, 3.63) is 28.3 Å². The number of phenolic OH excluding ortho intramolecular Hbond substituents is 1. The van der Waals surface area contributed by atoms with E-state index in [2.05, 4.69) is 0 Å². The molecular formula is C8H3ClF6O. The van der Waals surface area contributed by atoms with Gasteiger partial charge in [-0.1, -0.05) is 11.6 Å². The van der Waals surface area contributed by atoms with E-state index in [1.54, 1.807) is 0 Å². The Hall–Kier alpha value is -1.11. The van der Waals surface area contributed by atoms with Gasteiger partial charge < -0.3 is 5.11 Å². The normalized spacial score (nSPS) is 12.9. The van der Waals surface area contributed by atoms with Crippen LogP contribution in [-0.2, 0) is 12.4 Å². The highest BCUT2D eigenvalue weighted by Crippen LogP contribution is 2.43. The Labute approximate surface area is 90.3 Å². The van der Waals surface area contributed by atoms with Crippen LogP contribution in [0, 0.1) is 0 Å². The molecule has 0 atom stereocenters. The van der Waals surface area contributed by atoms with E-state index in [1.807, 2.05) is 0 Å². The second-order valence-corrected chi connectivity index (χ2v) is 3.25. The summed E-state index contributed by atoms with van der Waals surface area (Å²) in [5, 5.41) is 7.72. The van der Waals surface area contributed by atoms with Crippen LogP contribution in [0.5, 0.6) is 5.75 Å². The second-order valence-electron chi connectivity index (χ2n) is 2.84. The molecule has 0 saturated carbocycles. The zero-order valence-corrected chi connectivity index (χ0v) is 8.00. The minimum Gasteiger partial charge on any atom is -0.507 e. The van der Waals surface area contributed by atoms with Crippen LogP contribution < -0.4 is 0 Å². The average molecular weight is 265 g/mol. The summed E-state index contributed by atoms with van der Waals surface area (Å²) < 4.78 is 73.0. The maximum Gasteiger partial charge on any atom is 0.420 e. The Morgan fingerprint density at radius 1 is 0.875 bits per heavy atom. The lowest BCUT2D eigenvalue weighted by Crippen LogP contribution is -2.10. The van der Waals surface area contributed by atoms with Crippen LogP contribution in [-0.4, -0.2) is 5.11 Å². The molecule has 1 nitrogen and oxygen atoms in total. The van der Waals surface area contributed by atoms with Crippen LogP contribution in [0.2, 0.25) is 5.02 Å². The van der Waals surface area contributed by atoms with Crippen molar-refractivity contribution < 1.29 is 31.4 Å². The molecule has 0 aliphatic carbocycles. The van der Waals surface area contributed by atoms with Crippen molar-refractivity contribution in [1.82, 2.24) is 0 Å². The predicted molar refractivity (Wildman–Crippen MR) is 43.1 cm³/mol. The van der Waals surface area contributed by atoms with E-state index in [4.69, 9.17) is 16.7 Å². The quantitative estimate of drug-likeness (QED) is 0.700. The number of halogens is 7. The van der Waals surface area contributed by atoms with Crippen molar-refractivity contribution in [3.8, 4) is 5.75 Å². The van der Waals surface area contributed by atoms with E-state index in [1.165, 1.54) is 0 Å². The summed E-state index contributed by atoms with van der Waals surface area (Å²) in [5.74, 6) is -1.51. The van der Waals surface area contributed by atoms with Gasteiger partial charge >= 0.3 is 12.4 Å². The fourth-order valence-corrected chi connectivity index (χ4v) is 1.28. The van der Waals surface area contributed by atoms with Crippen LogP contribution in [0.15, 0.2) is 12.1 Å². The lowest BCUT2D eigenvalue weighted by molar-refractivity contribution is -0.142. The van der Waals surface area contributed by atoms with Crippen molar-refractivity contribution in [2.24, 2.45) is 0 Å². The average Bonchev–Trinajstić information content (AvgIpc) is 2.04. The van der Waals surface area contributed by atoms with E-state index in [9.17, 15) is 26.3 Å². The van der Waals surface area contributed by atoms with Gasteiger partial charge in [0.25, 0.3) is 0 Å². The summed E-state index contributed by atoms with van der Waals surface area (Å²) in [5.41, 5.74) is -3.12. The molecule has 90 valence electrons. The molecule has 1 rings (SSSR count). The molecule has 8 heteroatoms. The van der Waals surface area contributed by atoms with Crippen LogP contribution in [0.4, 0.5) is 26.3 Å². The first-order valence-electron chi connectivity index (χ1n) is 3.70. The smallest absolute Gasteiger partial charge is 0.420 e. The van der Waals surface area contributed by atoms with Crippen molar-refractivity contribution in [1.29, 1.82) is 0 Å². The summed E-state index contributed by atoms with van der Waals surface area (Å²) in [6, 6.07) is -0.00906. The molecule has 0 bridgehead atoms. The summed E-state index contributed by atoms with van der Waals surface area (Å²) in [4.78, 5) is 0. The van der Waals surface area contributed by atoms with Gasteiger partial charge in [-0.05, 0) is 12.1 Å². The number of aromatic hydroxyl groups is 1. The third kappa shape index (κ3) is 2.52. The molecular weight excluding hydrogens is 262 g/mol. The molecule has 0 heterocycles. The van der Waals surface area contributed by atoms with Crippen molar-refractivity contribution in [2.75, 3.05) is 0 Å². The Bertz CT molecular complexity index is 368. The minimum atomic E-state index is -4.96. The van der Waals surface area contributed by atoms with Gasteiger partial charge in [0, 0.05) is 0 Å². The number of benzene rings is 1. The SMILES string of the molecule is Oc1cc(C(F)(F)F)c(Cl)cc1C(F)(F)F. The minimum absolute atomic E-state index is 0.0414. The molecule has 0 fully saturated rings. The first kappa shape index (κ1) is 13.0. The zero-order valence-electron chi connectivity index (χ0n) is 7.25. The third-order valence-electron chi connectivity index (χ3n) is 1.70. The highest BCUT2D eigenvalue weighted by molar-refractivity contribution is 6.31. The van der Waals surface area contributed by atoms with E-state index in [-0.39, 0.29) is 12.1 Å². The fourth-order valence-electron chi connectivity index (χ4n) is 1.01. The van der Waals surface area contributed by atoms with E-state index >= 15 is 0 Å².